The van der Waals surface area contributed by atoms with Crippen LogP contribution in [-0.2, 0) is 11.2 Å². The predicted octanol–water partition coefficient (Wildman–Crippen LogP) is 2.53. The predicted molar refractivity (Wildman–Crippen MR) is 60.3 cm³/mol. The van der Waals surface area contributed by atoms with Gasteiger partial charge in [-0.15, -0.1) is 0 Å². The average molecular weight is 277 g/mol. The van der Waals surface area contributed by atoms with E-state index in [4.69, 9.17) is 4.74 Å². The molecule has 84 valence electrons. The van der Waals surface area contributed by atoms with E-state index in [-0.39, 0.29) is 11.9 Å². The van der Waals surface area contributed by atoms with E-state index < -0.39 is 6.10 Å². The van der Waals surface area contributed by atoms with Gasteiger partial charge in [0.05, 0.1) is 12.2 Å². The Balaban J connectivity index is 2.72. The van der Waals surface area contributed by atoms with Crippen LogP contribution in [0.3, 0.4) is 0 Å². The minimum absolute atomic E-state index is 0.257. The molecule has 1 aromatic carbocycles. The van der Waals surface area contributed by atoms with Crippen molar-refractivity contribution in [1.29, 1.82) is 0 Å². The van der Waals surface area contributed by atoms with Crippen molar-refractivity contribution in [3.63, 3.8) is 0 Å². The molecule has 4 heteroatoms. The Hall–Kier alpha value is -0.450. The number of hydrogen-bond donors (Lipinski definition) is 1. The first-order valence-corrected chi connectivity index (χ1v) is 5.48. The second-order valence-electron chi connectivity index (χ2n) is 3.49. The lowest BCUT2D eigenvalue weighted by atomic mass is 10.0. The fourth-order valence-electron chi connectivity index (χ4n) is 1.29. The van der Waals surface area contributed by atoms with Crippen molar-refractivity contribution < 1.29 is 14.2 Å². The van der Waals surface area contributed by atoms with Crippen LogP contribution in [0.1, 0.15) is 12.5 Å². The van der Waals surface area contributed by atoms with Gasteiger partial charge < -0.3 is 9.84 Å². The van der Waals surface area contributed by atoms with Gasteiger partial charge in [0.25, 0.3) is 0 Å². The van der Waals surface area contributed by atoms with Gasteiger partial charge in [-0.3, -0.25) is 0 Å². The minimum Gasteiger partial charge on any atom is -0.390 e. The normalized spacial score (nSPS) is 15.0. The summed E-state index contributed by atoms with van der Waals surface area (Å²) in [5.41, 5.74) is 0.748. The smallest absolute Gasteiger partial charge is 0.124 e. The highest BCUT2D eigenvalue weighted by atomic mass is 79.9. The third-order valence-electron chi connectivity index (χ3n) is 2.28. The molecule has 0 aliphatic heterocycles. The van der Waals surface area contributed by atoms with Gasteiger partial charge in [-0.1, -0.05) is 15.9 Å². The maximum atomic E-state index is 13.0. The van der Waals surface area contributed by atoms with Crippen molar-refractivity contribution in [2.75, 3.05) is 7.11 Å². The molecule has 2 atom stereocenters. The van der Waals surface area contributed by atoms with Crippen molar-refractivity contribution in [1.82, 2.24) is 0 Å². The summed E-state index contributed by atoms with van der Waals surface area (Å²) < 4.78 is 18.7. The Morgan fingerprint density at radius 2 is 2.13 bits per heavy atom. The van der Waals surface area contributed by atoms with Crippen LogP contribution in [-0.4, -0.2) is 24.4 Å². The van der Waals surface area contributed by atoms with E-state index in [0.29, 0.717) is 10.9 Å². The van der Waals surface area contributed by atoms with Gasteiger partial charge in [-0.05, 0) is 30.7 Å². The molecular weight excluding hydrogens is 263 g/mol. The summed E-state index contributed by atoms with van der Waals surface area (Å²) in [4.78, 5) is 0. The molecule has 0 aromatic heterocycles. The number of aliphatic hydroxyl groups is 1. The SMILES string of the molecule is COC(C)C(O)Cc1cc(F)cc(Br)c1. The summed E-state index contributed by atoms with van der Waals surface area (Å²) in [6, 6.07) is 4.58. The molecule has 0 saturated heterocycles. The van der Waals surface area contributed by atoms with Crippen molar-refractivity contribution >= 4 is 15.9 Å². The quantitative estimate of drug-likeness (QED) is 0.916. The molecule has 1 rings (SSSR count). The van der Waals surface area contributed by atoms with Crippen LogP contribution in [0.15, 0.2) is 22.7 Å². The highest BCUT2D eigenvalue weighted by molar-refractivity contribution is 9.10. The molecule has 15 heavy (non-hydrogen) atoms. The number of halogens is 2. The summed E-state index contributed by atoms with van der Waals surface area (Å²) in [5, 5.41) is 9.69. The summed E-state index contributed by atoms with van der Waals surface area (Å²) in [6.45, 7) is 1.78. The molecule has 0 radical (unpaired) electrons. The van der Waals surface area contributed by atoms with Crippen LogP contribution in [0.4, 0.5) is 4.39 Å². The third-order valence-corrected chi connectivity index (χ3v) is 2.74. The zero-order valence-corrected chi connectivity index (χ0v) is 10.3. The fourth-order valence-corrected chi connectivity index (χ4v) is 1.81. The lowest BCUT2D eigenvalue weighted by molar-refractivity contribution is 0.000376. The van der Waals surface area contributed by atoms with Crippen LogP contribution >= 0.6 is 15.9 Å². The Morgan fingerprint density at radius 3 is 2.67 bits per heavy atom. The summed E-state index contributed by atoms with van der Waals surface area (Å²) in [6.07, 6.45) is -0.499. The monoisotopic (exact) mass is 276 g/mol. The molecular formula is C11H14BrFO2. The van der Waals surface area contributed by atoms with Crippen molar-refractivity contribution in [3.8, 4) is 0 Å². The molecule has 0 heterocycles. The molecule has 0 aliphatic rings. The Morgan fingerprint density at radius 1 is 1.47 bits per heavy atom. The summed E-state index contributed by atoms with van der Waals surface area (Å²) >= 11 is 3.20. The number of rotatable bonds is 4. The lowest BCUT2D eigenvalue weighted by Crippen LogP contribution is -2.26. The van der Waals surface area contributed by atoms with E-state index >= 15 is 0 Å². The average Bonchev–Trinajstić information content (AvgIpc) is 2.14. The van der Waals surface area contributed by atoms with Crippen molar-refractivity contribution in [3.05, 3.63) is 34.1 Å². The third kappa shape index (κ3) is 3.89. The number of methoxy groups -OCH3 is 1. The van der Waals surface area contributed by atoms with E-state index in [0.717, 1.165) is 5.56 Å². The van der Waals surface area contributed by atoms with E-state index in [2.05, 4.69) is 15.9 Å². The van der Waals surface area contributed by atoms with Gasteiger partial charge in [0.15, 0.2) is 0 Å². The van der Waals surface area contributed by atoms with Crippen LogP contribution in [0, 0.1) is 5.82 Å². The molecule has 0 bridgehead atoms. The maximum Gasteiger partial charge on any atom is 0.124 e. The standard InChI is InChI=1S/C11H14BrFO2/c1-7(15-2)11(14)5-8-3-9(12)6-10(13)4-8/h3-4,6-7,11,14H,5H2,1-2H3. The number of aliphatic hydroxyl groups excluding tert-OH is 1. The molecule has 0 aliphatic carbocycles. The second-order valence-corrected chi connectivity index (χ2v) is 4.41. The number of benzene rings is 1. The zero-order chi connectivity index (χ0) is 11.4. The van der Waals surface area contributed by atoms with Crippen molar-refractivity contribution in [2.24, 2.45) is 0 Å². The first-order valence-electron chi connectivity index (χ1n) is 4.68. The Kier molecular flexibility index (Phi) is 4.70. The van der Waals surface area contributed by atoms with Crippen molar-refractivity contribution in [2.45, 2.75) is 25.6 Å². The van der Waals surface area contributed by atoms with Crippen LogP contribution in [0.5, 0.6) is 0 Å². The number of ether oxygens (including phenoxy) is 1. The highest BCUT2D eigenvalue weighted by Crippen LogP contribution is 2.17. The lowest BCUT2D eigenvalue weighted by Gasteiger charge is -2.17. The van der Waals surface area contributed by atoms with E-state index in [1.807, 2.05) is 0 Å². The van der Waals surface area contributed by atoms with Crippen LogP contribution in [0.25, 0.3) is 0 Å². The molecule has 1 N–H and O–H groups in total. The first kappa shape index (κ1) is 12.6. The molecule has 0 amide bonds. The van der Waals surface area contributed by atoms with Gasteiger partial charge in [0, 0.05) is 18.0 Å². The Bertz CT molecular complexity index is 310. The Labute approximate surface area is 97.2 Å². The van der Waals surface area contributed by atoms with Gasteiger partial charge in [-0.2, -0.15) is 0 Å². The topological polar surface area (TPSA) is 29.5 Å². The van der Waals surface area contributed by atoms with Crippen LogP contribution < -0.4 is 0 Å². The maximum absolute atomic E-state index is 13.0. The molecule has 1 aromatic rings. The molecule has 0 spiro atoms. The highest BCUT2D eigenvalue weighted by Gasteiger charge is 2.14. The molecule has 2 nitrogen and oxygen atoms in total. The van der Waals surface area contributed by atoms with Gasteiger partial charge in [0.2, 0.25) is 0 Å². The van der Waals surface area contributed by atoms with Gasteiger partial charge in [-0.25, -0.2) is 4.39 Å². The zero-order valence-electron chi connectivity index (χ0n) is 8.71. The first-order chi connectivity index (χ1) is 7.02. The second kappa shape index (κ2) is 5.58. The molecule has 0 saturated carbocycles. The molecule has 2 unspecified atom stereocenters. The number of hydrogen-bond acceptors (Lipinski definition) is 2. The van der Waals surface area contributed by atoms with Gasteiger partial charge >= 0.3 is 0 Å². The summed E-state index contributed by atoms with van der Waals surface area (Å²) in [7, 11) is 1.54. The van der Waals surface area contributed by atoms with Gasteiger partial charge in [0.1, 0.15) is 5.82 Å². The molecule has 0 fully saturated rings. The fraction of sp³-hybridized carbons (Fsp3) is 0.455. The van der Waals surface area contributed by atoms with E-state index in [1.54, 1.807) is 13.0 Å². The summed E-state index contributed by atoms with van der Waals surface area (Å²) in [5.74, 6) is -0.309. The minimum atomic E-state index is -0.622. The van der Waals surface area contributed by atoms with E-state index in [1.165, 1.54) is 19.2 Å². The van der Waals surface area contributed by atoms with Crippen LogP contribution in [0.2, 0.25) is 0 Å². The van der Waals surface area contributed by atoms with E-state index in [9.17, 15) is 9.50 Å². The largest absolute Gasteiger partial charge is 0.390 e.